The van der Waals surface area contributed by atoms with Gasteiger partial charge in [0.15, 0.2) is 5.60 Å². The van der Waals surface area contributed by atoms with Crippen LogP contribution >= 0.6 is 0 Å². The fourth-order valence-corrected chi connectivity index (χ4v) is 1.10. The zero-order chi connectivity index (χ0) is 13.3. The molecule has 0 fully saturated rings. The predicted octanol–water partition coefficient (Wildman–Crippen LogP) is 1.88. The summed E-state index contributed by atoms with van der Waals surface area (Å²) in [6.07, 6.45) is -4.81. The van der Waals surface area contributed by atoms with Crippen molar-refractivity contribution in [3.63, 3.8) is 0 Å². The molecule has 0 aliphatic heterocycles. The molecular weight excluding hydrogens is 241 g/mol. The first-order valence-electron chi connectivity index (χ1n) is 4.45. The Labute approximate surface area is 94.3 Å². The van der Waals surface area contributed by atoms with E-state index in [9.17, 15) is 23.1 Å². The molecule has 0 bridgehead atoms. The number of aliphatic carboxylic acids is 1. The van der Waals surface area contributed by atoms with Gasteiger partial charge in [0.05, 0.1) is 0 Å². The van der Waals surface area contributed by atoms with Crippen molar-refractivity contribution in [2.45, 2.75) is 18.9 Å². The number of carboxylic acids is 1. The van der Waals surface area contributed by atoms with Crippen LogP contribution in [0.5, 0.6) is 5.75 Å². The minimum Gasteiger partial charge on any atom is -0.479 e. The highest BCUT2D eigenvalue weighted by Crippen LogP contribution is 2.26. The molecule has 7 heteroatoms. The number of alkyl halides is 3. The molecule has 0 aliphatic rings. The maximum Gasteiger partial charge on any atom is 0.573 e. The molecule has 2 N–H and O–H groups in total. The first-order chi connectivity index (χ1) is 7.63. The molecule has 0 radical (unpaired) electrons. The van der Waals surface area contributed by atoms with Crippen LogP contribution < -0.4 is 4.74 Å². The van der Waals surface area contributed by atoms with Gasteiger partial charge in [-0.25, -0.2) is 4.79 Å². The summed E-state index contributed by atoms with van der Waals surface area (Å²) in [5, 5.41) is 18.2. The minimum absolute atomic E-state index is 0.0421. The fourth-order valence-electron chi connectivity index (χ4n) is 1.10. The minimum atomic E-state index is -4.81. The summed E-state index contributed by atoms with van der Waals surface area (Å²) in [5.41, 5.74) is -2.20. The standard InChI is InChI=1S/C10H9F3O4/c1-9(16,8(14)15)6-2-4-7(5-3-6)17-10(11,12)13/h2-5,16H,1H3,(H,14,15). The molecule has 94 valence electrons. The number of rotatable bonds is 3. The summed E-state index contributed by atoms with van der Waals surface area (Å²) in [5.74, 6) is -1.98. The molecule has 0 amide bonds. The van der Waals surface area contributed by atoms with Crippen molar-refractivity contribution in [3.05, 3.63) is 29.8 Å². The maximum absolute atomic E-state index is 11.8. The SMILES string of the molecule is CC(O)(C(=O)O)c1ccc(OC(F)(F)F)cc1. The highest BCUT2D eigenvalue weighted by molar-refractivity contribution is 5.78. The van der Waals surface area contributed by atoms with Gasteiger partial charge in [0.2, 0.25) is 0 Å². The third-order valence-electron chi connectivity index (χ3n) is 2.07. The Kier molecular flexibility index (Phi) is 3.33. The van der Waals surface area contributed by atoms with Crippen LogP contribution in [0.2, 0.25) is 0 Å². The third-order valence-corrected chi connectivity index (χ3v) is 2.07. The Balaban J connectivity index is 2.93. The molecule has 4 nitrogen and oxygen atoms in total. The van der Waals surface area contributed by atoms with Crippen molar-refractivity contribution >= 4 is 5.97 Å². The number of hydrogen-bond donors (Lipinski definition) is 2. The van der Waals surface area contributed by atoms with Crippen LogP contribution in [0, 0.1) is 0 Å². The number of ether oxygens (including phenoxy) is 1. The first kappa shape index (κ1) is 13.3. The second kappa shape index (κ2) is 4.25. The topological polar surface area (TPSA) is 66.8 Å². The molecule has 1 atom stereocenters. The van der Waals surface area contributed by atoms with Gasteiger partial charge in [0.1, 0.15) is 5.75 Å². The van der Waals surface area contributed by atoms with Crippen molar-refractivity contribution in [2.24, 2.45) is 0 Å². The van der Waals surface area contributed by atoms with Crippen molar-refractivity contribution in [1.82, 2.24) is 0 Å². The van der Waals surface area contributed by atoms with E-state index in [-0.39, 0.29) is 5.56 Å². The fraction of sp³-hybridized carbons (Fsp3) is 0.300. The van der Waals surface area contributed by atoms with E-state index in [1.165, 1.54) is 0 Å². The number of halogens is 3. The number of carboxylic acid groups (broad SMARTS) is 1. The number of hydrogen-bond acceptors (Lipinski definition) is 3. The molecular formula is C10H9F3O4. The van der Waals surface area contributed by atoms with Gasteiger partial charge < -0.3 is 14.9 Å². The molecule has 0 saturated carbocycles. The number of benzene rings is 1. The monoisotopic (exact) mass is 250 g/mol. The van der Waals surface area contributed by atoms with Crippen LogP contribution in [-0.2, 0) is 10.4 Å². The van der Waals surface area contributed by atoms with Gasteiger partial charge in [-0.05, 0) is 24.6 Å². The lowest BCUT2D eigenvalue weighted by molar-refractivity contribution is -0.274. The van der Waals surface area contributed by atoms with Crippen molar-refractivity contribution < 1.29 is 32.9 Å². The van der Waals surface area contributed by atoms with Gasteiger partial charge in [-0.15, -0.1) is 13.2 Å². The van der Waals surface area contributed by atoms with Gasteiger partial charge in [-0.1, -0.05) is 12.1 Å². The van der Waals surface area contributed by atoms with Gasteiger partial charge in [0.25, 0.3) is 0 Å². The summed E-state index contributed by atoms with van der Waals surface area (Å²) < 4.78 is 39.1. The van der Waals surface area contributed by atoms with E-state index < -0.39 is 23.7 Å². The highest BCUT2D eigenvalue weighted by atomic mass is 19.4. The van der Waals surface area contributed by atoms with Crippen LogP contribution in [0.4, 0.5) is 13.2 Å². The second-order valence-corrected chi connectivity index (χ2v) is 3.45. The smallest absolute Gasteiger partial charge is 0.479 e. The highest BCUT2D eigenvalue weighted by Gasteiger charge is 2.33. The Hall–Kier alpha value is -1.76. The quantitative estimate of drug-likeness (QED) is 0.859. The van der Waals surface area contributed by atoms with E-state index in [1.54, 1.807) is 0 Å². The average Bonchev–Trinajstić information content (AvgIpc) is 2.15. The average molecular weight is 250 g/mol. The molecule has 0 spiro atoms. The van der Waals surface area contributed by atoms with Gasteiger partial charge in [-0.2, -0.15) is 0 Å². The van der Waals surface area contributed by atoms with E-state index in [1.807, 2.05) is 0 Å². The van der Waals surface area contributed by atoms with E-state index in [4.69, 9.17) is 5.11 Å². The summed E-state index contributed by atoms with van der Waals surface area (Å²) >= 11 is 0. The maximum atomic E-state index is 11.8. The number of carbonyl (C=O) groups is 1. The Morgan fingerprint density at radius 2 is 1.71 bits per heavy atom. The zero-order valence-corrected chi connectivity index (χ0v) is 8.65. The van der Waals surface area contributed by atoms with Crippen LogP contribution in [0.3, 0.4) is 0 Å². The molecule has 1 aromatic carbocycles. The van der Waals surface area contributed by atoms with Gasteiger partial charge in [0, 0.05) is 0 Å². The predicted molar refractivity (Wildman–Crippen MR) is 50.3 cm³/mol. The molecule has 1 unspecified atom stereocenters. The second-order valence-electron chi connectivity index (χ2n) is 3.45. The first-order valence-corrected chi connectivity index (χ1v) is 4.45. The molecule has 1 rings (SSSR count). The molecule has 0 saturated heterocycles. The Bertz CT molecular complexity index is 409. The van der Waals surface area contributed by atoms with Crippen LogP contribution in [-0.4, -0.2) is 22.5 Å². The number of aliphatic hydroxyl groups is 1. The molecule has 1 aromatic rings. The molecule has 0 aromatic heterocycles. The zero-order valence-electron chi connectivity index (χ0n) is 8.65. The van der Waals surface area contributed by atoms with E-state index >= 15 is 0 Å². The van der Waals surface area contributed by atoms with Gasteiger partial charge in [-0.3, -0.25) is 0 Å². The largest absolute Gasteiger partial charge is 0.573 e. The lowest BCUT2D eigenvalue weighted by Gasteiger charge is -2.18. The summed E-state index contributed by atoms with van der Waals surface area (Å²) in [6, 6.07) is 3.96. The van der Waals surface area contributed by atoms with Crippen molar-refractivity contribution in [2.75, 3.05) is 0 Å². The van der Waals surface area contributed by atoms with Crippen molar-refractivity contribution in [3.8, 4) is 5.75 Å². The van der Waals surface area contributed by atoms with Crippen LogP contribution in [0.15, 0.2) is 24.3 Å². The van der Waals surface area contributed by atoms with Gasteiger partial charge >= 0.3 is 12.3 Å². The third kappa shape index (κ3) is 3.35. The lowest BCUT2D eigenvalue weighted by atomic mass is 9.96. The normalized spacial score (nSPS) is 15.1. The van der Waals surface area contributed by atoms with Crippen molar-refractivity contribution in [1.29, 1.82) is 0 Å². The summed E-state index contributed by atoms with van der Waals surface area (Å²) in [7, 11) is 0. The van der Waals surface area contributed by atoms with E-state index in [0.29, 0.717) is 0 Å². The molecule has 0 heterocycles. The molecule has 17 heavy (non-hydrogen) atoms. The van der Waals surface area contributed by atoms with E-state index in [2.05, 4.69) is 4.74 Å². The Morgan fingerprint density at radius 3 is 2.06 bits per heavy atom. The lowest BCUT2D eigenvalue weighted by Crippen LogP contribution is -2.31. The van der Waals surface area contributed by atoms with Crippen LogP contribution in [0.1, 0.15) is 12.5 Å². The molecule has 0 aliphatic carbocycles. The van der Waals surface area contributed by atoms with E-state index in [0.717, 1.165) is 31.2 Å². The summed E-state index contributed by atoms with van der Waals surface area (Å²) in [4.78, 5) is 10.7. The summed E-state index contributed by atoms with van der Waals surface area (Å²) in [6.45, 7) is 1.02. The Morgan fingerprint density at radius 1 is 1.24 bits per heavy atom. The van der Waals surface area contributed by atoms with Crippen LogP contribution in [0.25, 0.3) is 0 Å².